The van der Waals surface area contributed by atoms with Crippen molar-refractivity contribution in [3.05, 3.63) is 40.9 Å². The van der Waals surface area contributed by atoms with Crippen molar-refractivity contribution in [2.24, 2.45) is 5.73 Å². The highest BCUT2D eigenvalue weighted by Crippen LogP contribution is 2.11. The molecule has 0 amide bonds. The summed E-state index contributed by atoms with van der Waals surface area (Å²) in [5.74, 6) is 0. The summed E-state index contributed by atoms with van der Waals surface area (Å²) in [5.41, 5.74) is 6.64. The van der Waals surface area contributed by atoms with Crippen LogP contribution in [-0.4, -0.2) is 6.04 Å². The number of hydrogen-bond donors (Lipinski definition) is 1. The molecule has 1 atom stereocenters. The van der Waals surface area contributed by atoms with Gasteiger partial charge in [-0.3, -0.25) is 0 Å². The molecule has 1 rings (SSSR count). The molecule has 0 saturated heterocycles. The zero-order chi connectivity index (χ0) is 8.97. The average molecular weight is 182 g/mol. The Morgan fingerprint density at radius 3 is 2.83 bits per heavy atom. The first-order valence-corrected chi connectivity index (χ1v) is 4.25. The molecule has 0 heterocycles. The summed E-state index contributed by atoms with van der Waals surface area (Å²) in [6.07, 6.45) is 3.90. The maximum absolute atomic E-state index is 5.80. The minimum absolute atomic E-state index is 0.0870. The van der Waals surface area contributed by atoms with Gasteiger partial charge in [0.05, 0.1) is 0 Å². The van der Waals surface area contributed by atoms with Gasteiger partial charge in [-0.1, -0.05) is 35.9 Å². The first-order chi connectivity index (χ1) is 5.68. The SMILES string of the molecule is C[C@@H](N)/C=C/c1cccc(Cl)c1. The minimum atomic E-state index is 0.0870. The highest BCUT2D eigenvalue weighted by Gasteiger charge is 1.89. The molecule has 0 aliphatic carbocycles. The summed E-state index contributed by atoms with van der Waals surface area (Å²) in [5, 5.41) is 0.752. The molecule has 1 aromatic rings. The van der Waals surface area contributed by atoms with Crippen LogP contribution in [-0.2, 0) is 0 Å². The Kier molecular flexibility index (Phi) is 3.32. The Hall–Kier alpha value is -0.790. The summed E-state index contributed by atoms with van der Waals surface area (Å²) >= 11 is 5.80. The van der Waals surface area contributed by atoms with Crippen LogP contribution in [0.25, 0.3) is 6.08 Å². The van der Waals surface area contributed by atoms with Crippen LogP contribution in [0, 0.1) is 0 Å². The van der Waals surface area contributed by atoms with Crippen molar-refractivity contribution in [2.75, 3.05) is 0 Å². The fourth-order valence-electron chi connectivity index (χ4n) is 0.873. The van der Waals surface area contributed by atoms with E-state index in [-0.39, 0.29) is 6.04 Å². The molecule has 2 N–H and O–H groups in total. The van der Waals surface area contributed by atoms with Crippen molar-refractivity contribution in [2.45, 2.75) is 13.0 Å². The normalized spacial score (nSPS) is 13.6. The molecule has 1 nitrogen and oxygen atoms in total. The van der Waals surface area contributed by atoms with Crippen molar-refractivity contribution in [3.8, 4) is 0 Å². The van der Waals surface area contributed by atoms with Crippen LogP contribution in [0.15, 0.2) is 30.3 Å². The van der Waals surface area contributed by atoms with Gasteiger partial charge in [-0.25, -0.2) is 0 Å². The molecule has 0 saturated carbocycles. The van der Waals surface area contributed by atoms with Gasteiger partial charge < -0.3 is 5.73 Å². The van der Waals surface area contributed by atoms with Crippen molar-refractivity contribution >= 4 is 17.7 Å². The molecule has 0 unspecified atom stereocenters. The Bertz CT molecular complexity index is 279. The number of hydrogen-bond acceptors (Lipinski definition) is 1. The van der Waals surface area contributed by atoms with Gasteiger partial charge in [-0.2, -0.15) is 0 Å². The van der Waals surface area contributed by atoms with Crippen molar-refractivity contribution < 1.29 is 0 Å². The third-order valence-electron chi connectivity index (χ3n) is 1.44. The lowest BCUT2D eigenvalue weighted by Gasteiger charge is -1.96. The Morgan fingerprint density at radius 2 is 2.25 bits per heavy atom. The summed E-state index contributed by atoms with van der Waals surface area (Å²) in [4.78, 5) is 0. The van der Waals surface area contributed by atoms with Crippen LogP contribution in [0.4, 0.5) is 0 Å². The number of rotatable bonds is 2. The molecule has 0 radical (unpaired) electrons. The highest BCUT2D eigenvalue weighted by atomic mass is 35.5. The van der Waals surface area contributed by atoms with Crippen LogP contribution in [0.1, 0.15) is 12.5 Å². The van der Waals surface area contributed by atoms with E-state index in [1.54, 1.807) is 0 Å². The molecule has 0 spiro atoms. The smallest absolute Gasteiger partial charge is 0.0411 e. The molecule has 0 aromatic heterocycles. The largest absolute Gasteiger partial charge is 0.325 e. The van der Waals surface area contributed by atoms with Gasteiger partial charge in [0.1, 0.15) is 0 Å². The molecule has 0 fully saturated rings. The van der Waals surface area contributed by atoms with E-state index in [0.717, 1.165) is 10.6 Å². The van der Waals surface area contributed by atoms with E-state index in [0.29, 0.717) is 0 Å². The average Bonchev–Trinajstić information content (AvgIpc) is 2.01. The quantitative estimate of drug-likeness (QED) is 0.746. The second kappa shape index (κ2) is 4.29. The lowest BCUT2D eigenvalue weighted by molar-refractivity contribution is 0.931. The monoisotopic (exact) mass is 181 g/mol. The molecule has 2 heteroatoms. The van der Waals surface area contributed by atoms with Gasteiger partial charge >= 0.3 is 0 Å². The van der Waals surface area contributed by atoms with Crippen LogP contribution >= 0.6 is 11.6 Å². The predicted molar refractivity (Wildman–Crippen MR) is 54.1 cm³/mol. The van der Waals surface area contributed by atoms with Gasteiger partial charge in [-0.15, -0.1) is 0 Å². The lowest BCUT2D eigenvalue weighted by Crippen LogP contribution is -2.09. The fourth-order valence-corrected chi connectivity index (χ4v) is 1.07. The van der Waals surface area contributed by atoms with E-state index >= 15 is 0 Å². The topological polar surface area (TPSA) is 26.0 Å². The van der Waals surface area contributed by atoms with Gasteiger partial charge in [0.25, 0.3) is 0 Å². The van der Waals surface area contributed by atoms with E-state index in [1.807, 2.05) is 43.3 Å². The van der Waals surface area contributed by atoms with E-state index < -0.39 is 0 Å². The van der Waals surface area contributed by atoms with E-state index in [4.69, 9.17) is 17.3 Å². The van der Waals surface area contributed by atoms with Crippen LogP contribution in [0.2, 0.25) is 5.02 Å². The zero-order valence-corrected chi connectivity index (χ0v) is 7.75. The fraction of sp³-hybridized carbons (Fsp3) is 0.200. The third-order valence-corrected chi connectivity index (χ3v) is 1.68. The molecule has 0 aliphatic heterocycles. The molecule has 64 valence electrons. The van der Waals surface area contributed by atoms with Crippen LogP contribution in [0.5, 0.6) is 0 Å². The second-order valence-corrected chi connectivity index (χ2v) is 3.21. The van der Waals surface area contributed by atoms with Crippen molar-refractivity contribution in [1.29, 1.82) is 0 Å². The number of nitrogens with two attached hydrogens (primary N) is 1. The first kappa shape index (κ1) is 9.30. The maximum Gasteiger partial charge on any atom is 0.0411 e. The van der Waals surface area contributed by atoms with Crippen LogP contribution in [0.3, 0.4) is 0 Å². The Balaban J connectivity index is 2.76. The third kappa shape index (κ3) is 3.07. The maximum atomic E-state index is 5.80. The van der Waals surface area contributed by atoms with Gasteiger partial charge in [0.15, 0.2) is 0 Å². The Labute approximate surface area is 77.8 Å². The molecule has 0 bridgehead atoms. The predicted octanol–water partition coefficient (Wildman–Crippen LogP) is 2.70. The van der Waals surface area contributed by atoms with Gasteiger partial charge in [0, 0.05) is 11.1 Å². The standard InChI is InChI=1S/C10H12ClN/c1-8(12)5-6-9-3-2-4-10(11)7-9/h2-8H,12H2,1H3/b6-5+/t8-/m1/s1. The first-order valence-electron chi connectivity index (χ1n) is 3.88. The zero-order valence-electron chi connectivity index (χ0n) is 7.00. The highest BCUT2D eigenvalue weighted by molar-refractivity contribution is 6.30. The summed E-state index contributed by atoms with van der Waals surface area (Å²) in [7, 11) is 0. The van der Waals surface area contributed by atoms with Crippen LogP contribution < -0.4 is 5.73 Å². The summed E-state index contributed by atoms with van der Waals surface area (Å²) in [6.45, 7) is 1.93. The molecule has 1 aromatic carbocycles. The van der Waals surface area contributed by atoms with Gasteiger partial charge in [-0.05, 0) is 24.6 Å². The Morgan fingerprint density at radius 1 is 1.50 bits per heavy atom. The lowest BCUT2D eigenvalue weighted by atomic mass is 10.2. The minimum Gasteiger partial charge on any atom is -0.325 e. The van der Waals surface area contributed by atoms with E-state index in [1.165, 1.54) is 0 Å². The molecule has 0 aliphatic rings. The van der Waals surface area contributed by atoms with Crippen molar-refractivity contribution in [1.82, 2.24) is 0 Å². The molecular weight excluding hydrogens is 170 g/mol. The summed E-state index contributed by atoms with van der Waals surface area (Å²) < 4.78 is 0. The van der Waals surface area contributed by atoms with E-state index in [2.05, 4.69) is 0 Å². The molecule has 12 heavy (non-hydrogen) atoms. The molecular formula is C10H12ClN. The second-order valence-electron chi connectivity index (χ2n) is 2.77. The van der Waals surface area contributed by atoms with E-state index in [9.17, 15) is 0 Å². The summed E-state index contributed by atoms with van der Waals surface area (Å²) in [6, 6.07) is 7.75. The number of halogens is 1. The van der Waals surface area contributed by atoms with Gasteiger partial charge in [0.2, 0.25) is 0 Å². The number of benzene rings is 1. The van der Waals surface area contributed by atoms with Crippen molar-refractivity contribution in [3.63, 3.8) is 0 Å².